The Morgan fingerprint density at radius 2 is 1.65 bits per heavy atom. The van der Waals surface area contributed by atoms with E-state index in [1.807, 2.05) is 35.2 Å². The molecule has 2 aromatic rings. The molecule has 0 radical (unpaired) electrons. The number of rotatable bonds is 10. The second-order valence-electron chi connectivity index (χ2n) is 10.2. The Morgan fingerprint density at radius 1 is 1.00 bits per heavy atom. The van der Waals surface area contributed by atoms with Crippen LogP contribution < -0.4 is 4.74 Å². The number of hydrogen-bond donors (Lipinski definition) is 1. The summed E-state index contributed by atoms with van der Waals surface area (Å²) in [5.41, 5.74) is 1.91. The first-order valence-corrected chi connectivity index (χ1v) is 13.1. The quantitative estimate of drug-likeness (QED) is 0.488. The summed E-state index contributed by atoms with van der Waals surface area (Å²) in [6, 6.07) is 16.9. The Kier molecular flexibility index (Phi) is 8.99. The van der Waals surface area contributed by atoms with E-state index < -0.39 is 5.97 Å². The van der Waals surface area contributed by atoms with E-state index in [9.17, 15) is 19.5 Å². The van der Waals surface area contributed by atoms with Gasteiger partial charge in [0.1, 0.15) is 5.75 Å². The molecule has 0 bridgehead atoms. The highest BCUT2D eigenvalue weighted by Gasteiger charge is 2.36. The number of aliphatic carboxylic acids is 1. The molecule has 7 nitrogen and oxygen atoms in total. The van der Waals surface area contributed by atoms with Crippen LogP contribution in [0.2, 0.25) is 0 Å². The van der Waals surface area contributed by atoms with Crippen LogP contribution >= 0.6 is 0 Å². The molecule has 0 spiro atoms. The highest BCUT2D eigenvalue weighted by molar-refractivity contribution is 5.98. The number of likely N-dealkylation sites (tertiary alicyclic amines) is 1. The summed E-state index contributed by atoms with van der Waals surface area (Å²) >= 11 is 0. The maximum atomic E-state index is 12.8. The molecule has 2 atom stereocenters. The number of carbonyl (C=O) groups is 3. The number of carboxylic acid groups (broad SMARTS) is 1. The molecule has 7 heteroatoms. The first kappa shape index (κ1) is 26.5. The third-order valence-electron chi connectivity index (χ3n) is 7.53. The van der Waals surface area contributed by atoms with Gasteiger partial charge < -0.3 is 19.6 Å². The minimum atomic E-state index is -1.09. The van der Waals surface area contributed by atoms with Crippen LogP contribution in [0.25, 0.3) is 6.08 Å². The van der Waals surface area contributed by atoms with E-state index in [-0.39, 0.29) is 30.4 Å². The van der Waals surface area contributed by atoms with Crippen LogP contribution in [0.4, 0.5) is 0 Å². The van der Waals surface area contributed by atoms with Crippen molar-refractivity contribution in [1.82, 2.24) is 9.80 Å². The molecule has 1 saturated heterocycles. The molecule has 37 heavy (non-hydrogen) atoms. The Labute approximate surface area is 218 Å². The average Bonchev–Trinajstić information content (AvgIpc) is 3.36. The van der Waals surface area contributed by atoms with E-state index in [1.165, 1.54) is 37.3 Å². The van der Waals surface area contributed by atoms with Crippen molar-refractivity contribution in [2.45, 2.75) is 38.5 Å². The zero-order valence-corrected chi connectivity index (χ0v) is 21.5. The van der Waals surface area contributed by atoms with Gasteiger partial charge in [-0.25, -0.2) is 4.79 Å². The summed E-state index contributed by atoms with van der Waals surface area (Å²) < 4.78 is 5.64. The van der Waals surface area contributed by atoms with E-state index in [0.717, 1.165) is 19.5 Å². The number of benzene rings is 2. The van der Waals surface area contributed by atoms with Gasteiger partial charge in [0, 0.05) is 32.3 Å². The van der Waals surface area contributed by atoms with Gasteiger partial charge in [-0.1, -0.05) is 55.3 Å². The molecule has 196 valence electrons. The first-order chi connectivity index (χ1) is 17.9. The van der Waals surface area contributed by atoms with Gasteiger partial charge in [-0.3, -0.25) is 9.59 Å². The molecule has 2 aromatic carbocycles. The van der Waals surface area contributed by atoms with Crippen molar-refractivity contribution < 1.29 is 24.2 Å². The summed E-state index contributed by atoms with van der Waals surface area (Å²) in [5.74, 6) is 0.339. The molecule has 1 saturated carbocycles. The van der Waals surface area contributed by atoms with E-state index in [0.29, 0.717) is 29.7 Å². The van der Waals surface area contributed by atoms with Gasteiger partial charge in [0.25, 0.3) is 5.91 Å². The second-order valence-corrected chi connectivity index (χ2v) is 10.2. The maximum Gasteiger partial charge on any atom is 0.332 e. The smallest absolute Gasteiger partial charge is 0.332 e. The lowest BCUT2D eigenvalue weighted by atomic mass is 9.82. The third kappa shape index (κ3) is 7.44. The van der Waals surface area contributed by atoms with Gasteiger partial charge in [0.15, 0.2) is 6.61 Å². The monoisotopic (exact) mass is 504 g/mol. The molecule has 2 aliphatic rings. The van der Waals surface area contributed by atoms with Crippen LogP contribution in [-0.2, 0) is 20.8 Å². The fraction of sp³-hybridized carbons (Fsp3) is 0.433. The Balaban J connectivity index is 1.27. The predicted octanol–water partition coefficient (Wildman–Crippen LogP) is 4.27. The van der Waals surface area contributed by atoms with Crippen molar-refractivity contribution in [3.8, 4) is 5.75 Å². The summed E-state index contributed by atoms with van der Waals surface area (Å²) in [5, 5.41) is 9.70. The number of amides is 2. The fourth-order valence-corrected chi connectivity index (χ4v) is 5.26. The third-order valence-corrected chi connectivity index (χ3v) is 7.53. The molecule has 0 unspecified atom stereocenters. The highest BCUT2D eigenvalue weighted by atomic mass is 16.5. The Bertz CT molecular complexity index is 1100. The molecule has 1 heterocycles. The Morgan fingerprint density at radius 3 is 2.27 bits per heavy atom. The lowest BCUT2D eigenvalue weighted by Crippen LogP contribution is -2.33. The molecule has 4 rings (SSSR count). The van der Waals surface area contributed by atoms with Crippen LogP contribution in [0, 0.1) is 11.8 Å². The second kappa shape index (κ2) is 12.6. The summed E-state index contributed by atoms with van der Waals surface area (Å²) in [6.07, 6.45) is 6.98. The minimum Gasteiger partial charge on any atom is -0.484 e. The molecule has 0 aromatic heterocycles. The number of carbonyl (C=O) groups excluding carboxylic acids is 2. The zero-order valence-electron chi connectivity index (χ0n) is 21.5. The summed E-state index contributed by atoms with van der Waals surface area (Å²) in [6.45, 7) is 2.03. The lowest BCUT2D eigenvalue weighted by Gasteiger charge is -2.22. The summed E-state index contributed by atoms with van der Waals surface area (Å²) in [7, 11) is 1.76. The molecule has 1 aliphatic heterocycles. The van der Waals surface area contributed by atoms with E-state index in [4.69, 9.17) is 4.74 Å². The largest absolute Gasteiger partial charge is 0.484 e. The van der Waals surface area contributed by atoms with Crippen molar-refractivity contribution in [3.05, 3.63) is 71.3 Å². The number of hydrogen-bond acceptors (Lipinski definition) is 4. The van der Waals surface area contributed by atoms with Gasteiger partial charge in [0.05, 0.1) is 6.42 Å². The minimum absolute atomic E-state index is 0.0729. The van der Waals surface area contributed by atoms with Crippen LogP contribution in [0.3, 0.4) is 0 Å². The van der Waals surface area contributed by atoms with Crippen LogP contribution in [0.1, 0.15) is 43.2 Å². The number of ether oxygens (including phenoxy) is 1. The fourth-order valence-electron chi connectivity index (χ4n) is 5.26. The van der Waals surface area contributed by atoms with Gasteiger partial charge in [0.2, 0.25) is 5.91 Å². The van der Waals surface area contributed by atoms with E-state index in [1.54, 1.807) is 36.2 Å². The standard InChI is InChI=1S/C30H36N2O5/c1-31(16-15-22-7-3-2-4-8-22)29(34)21-37-27-13-11-23(12-14-27)17-26(30(35)36)18-28(33)32-19-24-9-5-6-10-25(24)20-32/h2-4,7-8,11-14,17,24-25H,5-6,9-10,15-16,18-21H2,1H3,(H,35,36)/b26-17+/t24-,25+. The van der Waals surface area contributed by atoms with Crippen molar-refractivity contribution in [2.24, 2.45) is 11.8 Å². The SMILES string of the molecule is CN(CCc1ccccc1)C(=O)COc1ccc(/C=C(\CC(=O)N2C[C@H]3CCCC[C@H]3C2)C(=O)O)cc1. The molecule has 1 aliphatic carbocycles. The summed E-state index contributed by atoms with van der Waals surface area (Å²) in [4.78, 5) is 40.6. The van der Waals surface area contributed by atoms with Crippen LogP contribution in [0.15, 0.2) is 60.2 Å². The van der Waals surface area contributed by atoms with Crippen molar-refractivity contribution in [3.63, 3.8) is 0 Å². The molecular weight excluding hydrogens is 468 g/mol. The lowest BCUT2D eigenvalue weighted by molar-refractivity contribution is -0.136. The average molecular weight is 505 g/mol. The zero-order chi connectivity index (χ0) is 26.2. The van der Waals surface area contributed by atoms with Crippen LogP contribution in [0.5, 0.6) is 5.75 Å². The van der Waals surface area contributed by atoms with Crippen molar-refractivity contribution in [2.75, 3.05) is 33.3 Å². The van der Waals surface area contributed by atoms with Gasteiger partial charge in [-0.2, -0.15) is 0 Å². The van der Waals surface area contributed by atoms with Gasteiger partial charge in [-0.05, 0) is 60.4 Å². The molecule has 2 fully saturated rings. The van der Waals surface area contributed by atoms with Crippen molar-refractivity contribution in [1.29, 1.82) is 0 Å². The van der Waals surface area contributed by atoms with E-state index >= 15 is 0 Å². The number of fused-ring (bicyclic) bond motifs is 1. The predicted molar refractivity (Wildman–Crippen MR) is 142 cm³/mol. The normalized spacial score (nSPS) is 19.3. The molecule has 2 amide bonds. The molecular formula is C30H36N2O5. The van der Waals surface area contributed by atoms with Gasteiger partial charge >= 0.3 is 5.97 Å². The van der Waals surface area contributed by atoms with Crippen molar-refractivity contribution >= 4 is 23.9 Å². The van der Waals surface area contributed by atoms with Crippen LogP contribution in [-0.4, -0.2) is 66.0 Å². The topological polar surface area (TPSA) is 87.2 Å². The first-order valence-electron chi connectivity index (χ1n) is 13.1. The maximum absolute atomic E-state index is 12.8. The highest BCUT2D eigenvalue weighted by Crippen LogP contribution is 2.36. The number of likely N-dealkylation sites (N-methyl/N-ethyl adjacent to an activating group) is 1. The van der Waals surface area contributed by atoms with Gasteiger partial charge in [-0.15, -0.1) is 0 Å². The molecule has 1 N–H and O–H groups in total. The van der Waals surface area contributed by atoms with E-state index in [2.05, 4.69) is 0 Å². The Hall–Kier alpha value is -3.61. The number of nitrogens with zero attached hydrogens (tertiary/aromatic N) is 2. The number of carboxylic acids is 1.